The van der Waals surface area contributed by atoms with E-state index in [1.165, 1.54) is 12.5 Å². The molecule has 0 aromatic heterocycles. The maximum absolute atomic E-state index is 12.4. The Morgan fingerprint density at radius 1 is 0.840 bits per heavy atom. The lowest BCUT2D eigenvalue weighted by molar-refractivity contribution is -0.151. The summed E-state index contributed by atoms with van der Waals surface area (Å²) in [6.07, 6.45) is 11.3. The van der Waals surface area contributed by atoms with Gasteiger partial charge in [0.2, 0.25) is 5.78 Å². The fraction of sp³-hybridized carbons (Fsp3) is 0.800. The summed E-state index contributed by atoms with van der Waals surface area (Å²) in [4.78, 5) is 23.4. The van der Waals surface area contributed by atoms with E-state index in [2.05, 4.69) is 13.8 Å². The lowest BCUT2D eigenvalue weighted by atomic mass is 9.87. The van der Waals surface area contributed by atoms with Crippen LogP contribution in [0.1, 0.15) is 97.3 Å². The van der Waals surface area contributed by atoms with E-state index in [1.54, 1.807) is 0 Å². The molecule has 0 aliphatic heterocycles. The second-order valence-corrected chi connectivity index (χ2v) is 6.89. The van der Waals surface area contributed by atoms with Crippen molar-refractivity contribution in [1.82, 2.24) is 0 Å². The molecule has 0 aromatic rings. The minimum atomic E-state index is -2.01. The Morgan fingerprint density at radius 2 is 1.36 bits per heavy atom. The summed E-state index contributed by atoms with van der Waals surface area (Å²) in [6.45, 7) is 4.23. The van der Waals surface area contributed by atoms with Crippen LogP contribution in [0.15, 0.2) is 11.8 Å². The number of carbonyl (C=O) groups excluding carboxylic acids is 1. The second-order valence-electron chi connectivity index (χ2n) is 6.89. The molecule has 25 heavy (non-hydrogen) atoms. The number of hydrogen-bond acceptors (Lipinski definition) is 4. The Balaban J connectivity index is 4.59. The molecule has 0 spiro atoms. The lowest BCUT2D eigenvalue weighted by Gasteiger charge is -2.24. The van der Waals surface area contributed by atoms with Gasteiger partial charge in [0, 0.05) is 0 Å². The summed E-state index contributed by atoms with van der Waals surface area (Å²) >= 11 is 0. The van der Waals surface area contributed by atoms with E-state index < -0.39 is 29.5 Å². The van der Waals surface area contributed by atoms with Gasteiger partial charge in [-0.2, -0.15) is 0 Å². The topological polar surface area (TPSA) is 94.8 Å². The summed E-state index contributed by atoms with van der Waals surface area (Å²) < 4.78 is 0. The van der Waals surface area contributed by atoms with E-state index >= 15 is 0 Å². The van der Waals surface area contributed by atoms with E-state index in [1.807, 2.05) is 0 Å². The molecule has 1 atom stereocenters. The number of aliphatic carboxylic acids is 1. The number of unbranched alkanes of at least 4 members (excludes halogenated alkanes) is 9. The number of hydrogen-bond donors (Lipinski definition) is 3. The normalized spacial score (nSPS) is 14.3. The quantitative estimate of drug-likeness (QED) is 0.207. The van der Waals surface area contributed by atoms with Gasteiger partial charge >= 0.3 is 5.97 Å². The molecule has 0 saturated heterocycles. The second kappa shape index (κ2) is 13.9. The van der Waals surface area contributed by atoms with Crippen molar-refractivity contribution < 1.29 is 24.9 Å². The number of carboxylic acid groups (broad SMARTS) is 1. The molecule has 0 radical (unpaired) electrons. The Kier molecular flexibility index (Phi) is 13.1. The van der Waals surface area contributed by atoms with Crippen molar-refractivity contribution in [3.05, 3.63) is 11.8 Å². The highest BCUT2D eigenvalue weighted by atomic mass is 16.4. The van der Waals surface area contributed by atoms with Crippen LogP contribution in [0.3, 0.4) is 0 Å². The van der Waals surface area contributed by atoms with Gasteiger partial charge in [0.25, 0.3) is 0 Å². The van der Waals surface area contributed by atoms with Crippen LogP contribution in [0.25, 0.3) is 0 Å². The van der Waals surface area contributed by atoms with Crippen LogP contribution in [0, 0.1) is 0 Å². The molecule has 0 bridgehead atoms. The molecule has 0 amide bonds. The minimum Gasteiger partial charge on any atom is -0.505 e. The van der Waals surface area contributed by atoms with Crippen LogP contribution < -0.4 is 0 Å². The average molecular weight is 357 g/mol. The van der Waals surface area contributed by atoms with Crippen LogP contribution >= 0.6 is 0 Å². The van der Waals surface area contributed by atoms with Crippen LogP contribution in [0.5, 0.6) is 0 Å². The van der Waals surface area contributed by atoms with Crippen molar-refractivity contribution in [3.8, 4) is 0 Å². The molecule has 5 heteroatoms. The maximum atomic E-state index is 12.4. The first-order valence-corrected chi connectivity index (χ1v) is 9.75. The molecule has 0 aliphatic carbocycles. The highest BCUT2D eigenvalue weighted by molar-refractivity contribution is 6.01. The molecule has 0 heterocycles. The average Bonchev–Trinajstić information content (AvgIpc) is 2.56. The van der Waals surface area contributed by atoms with Crippen molar-refractivity contribution in [2.45, 2.75) is 103 Å². The van der Waals surface area contributed by atoms with Gasteiger partial charge in [0.1, 0.15) is 5.60 Å². The highest BCUT2D eigenvalue weighted by Crippen LogP contribution is 2.24. The molecule has 0 aromatic carbocycles. The van der Waals surface area contributed by atoms with E-state index in [4.69, 9.17) is 5.11 Å². The summed E-state index contributed by atoms with van der Waals surface area (Å²) in [5.74, 6) is -2.61. The van der Waals surface area contributed by atoms with Gasteiger partial charge in [-0.3, -0.25) is 9.59 Å². The van der Waals surface area contributed by atoms with Crippen LogP contribution in [0.2, 0.25) is 0 Å². The molecular weight excluding hydrogens is 320 g/mol. The minimum absolute atomic E-state index is 0.0657. The summed E-state index contributed by atoms with van der Waals surface area (Å²) in [5.41, 5.74) is -2.01. The van der Waals surface area contributed by atoms with Crippen molar-refractivity contribution >= 4 is 11.8 Å². The zero-order valence-corrected chi connectivity index (χ0v) is 15.9. The Morgan fingerprint density at radius 3 is 1.88 bits per heavy atom. The number of ketones is 1. The molecule has 5 nitrogen and oxygen atoms in total. The molecule has 0 aliphatic rings. The fourth-order valence-corrected chi connectivity index (χ4v) is 2.87. The molecule has 3 N–H and O–H groups in total. The zero-order chi connectivity index (χ0) is 19.1. The van der Waals surface area contributed by atoms with E-state index in [0.717, 1.165) is 51.4 Å². The predicted molar refractivity (Wildman–Crippen MR) is 99.7 cm³/mol. The third kappa shape index (κ3) is 11.0. The maximum Gasteiger partial charge on any atom is 0.306 e. The third-order valence-corrected chi connectivity index (χ3v) is 4.44. The molecule has 0 fully saturated rings. The van der Waals surface area contributed by atoms with Crippen LogP contribution in [-0.4, -0.2) is 32.7 Å². The van der Waals surface area contributed by atoms with Crippen molar-refractivity contribution in [1.29, 1.82) is 0 Å². The van der Waals surface area contributed by atoms with Gasteiger partial charge < -0.3 is 15.3 Å². The summed E-state index contributed by atoms with van der Waals surface area (Å²) in [6, 6.07) is 0. The molecular formula is C20H36O5. The summed E-state index contributed by atoms with van der Waals surface area (Å²) in [7, 11) is 0. The SMILES string of the molecule is CCCCCCC/C=C(\O)C(=O)C(O)(CCCCCCC)CC(=O)O. The molecule has 0 rings (SSSR count). The molecule has 0 saturated carbocycles. The number of carbonyl (C=O) groups is 2. The number of carboxylic acids is 1. The van der Waals surface area contributed by atoms with E-state index in [9.17, 15) is 19.8 Å². The van der Waals surface area contributed by atoms with Gasteiger partial charge in [-0.25, -0.2) is 0 Å². The Hall–Kier alpha value is -1.36. The monoisotopic (exact) mass is 356 g/mol. The number of aliphatic hydroxyl groups is 2. The third-order valence-electron chi connectivity index (χ3n) is 4.44. The van der Waals surface area contributed by atoms with Gasteiger partial charge in [0.05, 0.1) is 6.42 Å². The zero-order valence-electron chi connectivity index (χ0n) is 15.9. The van der Waals surface area contributed by atoms with Crippen LogP contribution in [-0.2, 0) is 9.59 Å². The number of allylic oxidation sites excluding steroid dienone is 1. The van der Waals surface area contributed by atoms with Gasteiger partial charge in [-0.05, 0) is 25.3 Å². The Bertz CT molecular complexity index is 416. The van der Waals surface area contributed by atoms with Crippen LogP contribution in [0.4, 0.5) is 0 Å². The first kappa shape index (κ1) is 23.6. The number of aliphatic hydroxyl groups excluding tert-OH is 1. The first-order chi connectivity index (χ1) is 11.9. The lowest BCUT2D eigenvalue weighted by Crippen LogP contribution is -2.41. The van der Waals surface area contributed by atoms with Crippen molar-refractivity contribution in [3.63, 3.8) is 0 Å². The Labute approximate surface area is 152 Å². The number of Topliss-reactive ketones (excluding diaryl/α,β-unsaturated/α-hetero) is 1. The predicted octanol–water partition coefficient (Wildman–Crippen LogP) is 4.92. The highest BCUT2D eigenvalue weighted by Gasteiger charge is 2.39. The van der Waals surface area contributed by atoms with Crippen molar-refractivity contribution in [2.75, 3.05) is 0 Å². The molecule has 146 valence electrons. The number of rotatable bonds is 16. The van der Waals surface area contributed by atoms with Gasteiger partial charge in [-0.15, -0.1) is 0 Å². The summed E-state index contributed by atoms with van der Waals surface area (Å²) in [5, 5.41) is 29.5. The largest absolute Gasteiger partial charge is 0.505 e. The standard InChI is InChI=1S/C20H36O5/c1-3-5-7-9-10-12-14-17(21)19(24)20(25,16-18(22)23)15-13-11-8-6-4-2/h14,21,25H,3-13,15-16H2,1-2H3,(H,22,23)/b17-14-. The van der Waals surface area contributed by atoms with Crippen molar-refractivity contribution in [2.24, 2.45) is 0 Å². The first-order valence-electron chi connectivity index (χ1n) is 9.75. The molecule has 1 unspecified atom stereocenters. The van der Waals surface area contributed by atoms with E-state index in [-0.39, 0.29) is 6.42 Å². The smallest absolute Gasteiger partial charge is 0.306 e. The van der Waals surface area contributed by atoms with Gasteiger partial charge in [0.15, 0.2) is 5.76 Å². The fourth-order valence-electron chi connectivity index (χ4n) is 2.87. The van der Waals surface area contributed by atoms with E-state index in [0.29, 0.717) is 12.8 Å². The van der Waals surface area contributed by atoms with Gasteiger partial charge in [-0.1, -0.05) is 71.6 Å².